The topological polar surface area (TPSA) is 85.3 Å². The van der Waals surface area contributed by atoms with Crippen molar-refractivity contribution in [2.45, 2.75) is 144 Å². The van der Waals surface area contributed by atoms with Crippen LogP contribution in [0.4, 0.5) is 0 Å². The van der Waals surface area contributed by atoms with E-state index >= 15 is 0 Å². The van der Waals surface area contributed by atoms with E-state index in [9.17, 15) is 10.2 Å². The number of hydrogen-bond donors (Lipinski definition) is 2. The van der Waals surface area contributed by atoms with Crippen molar-refractivity contribution in [2.75, 3.05) is 0 Å². The van der Waals surface area contributed by atoms with E-state index in [1.807, 2.05) is 12.1 Å². The molecule has 0 saturated heterocycles. The number of benzene rings is 9. The van der Waals surface area contributed by atoms with E-state index in [1.165, 1.54) is 27.8 Å². The van der Waals surface area contributed by atoms with Crippen molar-refractivity contribution in [1.29, 1.82) is 0 Å². The van der Waals surface area contributed by atoms with Crippen LogP contribution in [0.1, 0.15) is 156 Å². The first-order valence-corrected chi connectivity index (χ1v) is 30.5. The minimum atomic E-state index is -0.373. The number of aromatic nitrogens is 4. The molecule has 0 unspecified atom stereocenters. The van der Waals surface area contributed by atoms with Crippen LogP contribution in [0.3, 0.4) is 0 Å². The fraction of sp³-hybridized carbons (Fsp3) is 0.282. The molecule has 0 bridgehead atoms. The maximum absolute atomic E-state index is 12.9. The molecule has 0 aliphatic carbocycles. The Morgan fingerprint density at radius 1 is 0.430 bits per heavy atom. The van der Waals surface area contributed by atoms with Crippen LogP contribution < -0.4 is 10.1 Å². The molecule has 0 fully saturated rings. The molecule has 1 radical (unpaired) electrons. The SMILES string of the molecule is CC(C)c1cc(-c2ccccc2)cc(C(C)C)c1-n1c(-c2cc(C(C)(C)C)cc(C(C)(C)C)c2O)nc2c(-c3cc(-c4nc5ccc([B]Oc6ccccc6O)cc5n4-c4ccc(C(C)(C)C)cc4-c4ccccc4)cc(C(C)(C)C)c3)cccc21. The molecule has 8 heteroatoms. The van der Waals surface area contributed by atoms with Crippen LogP contribution in [0.2, 0.25) is 0 Å². The second-order valence-corrected chi connectivity index (χ2v) is 28.2. The van der Waals surface area contributed by atoms with Crippen LogP contribution in [0, 0.1) is 0 Å². The molecule has 9 aromatic carbocycles. The Hall–Kier alpha value is -8.62. The number of rotatable bonds is 12. The lowest BCUT2D eigenvalue weighted by Gasteiger charge is -2.28. The molecular weight excluding hydrogens is 1050 g/mol. The fourth-order valence-electron chi connectivity index (χ4n) is 11.8. The molecule has 7 nitrogen and oxygen atoms in total. The van der Waals surface area contributed by atoms with Crippen molar-refractivity contribution >= 4 is 35.0 Å². The molecule has 0 atom stereocenters. The molecule has 0 saturated carbocycles. The van der Waals surface area contributed by atoms with E-state index in [0.29, 0.717) is 17.1 Å². The number of hydrogen-bond acceptors (Lipinski definition) is 5. The lowest BCUT2D eigenvalue weighted by molar-refractivity contribution is 0.444. The summed E-state index contributed by atoms with van der Waals surface area (Å²) in [5.74, 6) is 2.43. The van der Waals surface area contributed by atoms with Gasteiger partial charge in [-0.2, -0.15) is 0 Å². The Morgan fingerprint density at radius 3 is 1.64 bits per heavy atom. The average Bonchev–Trinajstić information content (AvgIpc) is 1.55. The van der Waals surface area contributed by atoms with Gasteiger partial charge in [-0.05, 0) is 162 Å². The highest BCUT2D eigenvalue weighted by atomic mass is 16.4. The van der Waals surface area contributed by atoms with Crippen molar-refractivity contribution < 1.29 is 14.9 Å². The summed E-state index contributed by atoms with van der Waals surface area (Å²) >= 11 is 0. The molecule has 11 aromatic rings. The largest absolute Gasteiger partial charge is 0.555 e. The van der Waals surface area contributed by atoms with Crippen molar-refractivity contribution in [3.8, 4) is 84.8 Å². The molecular formula is C78H82BN4O3. The molecule has 0 aliphatic heterocycles. The van der Waals surface area contributed by atoms with Gasteiger partial charge in [0.2, 0.25) is 0 Å². The van der Waals surface area contributed by atoms with Gasteiger partial charge in [0.15, 0.2) is 5.75 Å². The van der Waals surface area contributed by atoms with Gasteiger partial charge in [-0.3, -0.25) is 9.13 Å². The molecule has 0 amide bonds. The predicted octanol–water partition coefficient (Wildman–Crippen LogP) is 19.9. The third kappa shape index (κ3) is 11.4. The highest BCUT2D eigenvalue weighted by Gasteiger charge is 2.32. The lowest BCUT2D eigenvalue weighted by Crippen LogP contribution is -2.20. The molecule has 435 valence electrons. The molecule has 0 aliphatic rings. The molecule has 2 aromatic heterocycles. The Balaban J connectivity index is 1.22. The number of phenols is 2. The van der Waals surface area contributed by atoms with Gasteiger partial charge in [-0.1, -0.05) is 220 Å². The monoisotopic (exact) mass is 1130 g/mol. The highest BCUT2D eigenvalue weighted by Crippen LogP contribution is 2.48. The van der Waals surface area contributed by atoms with Crippen molar-refractivity contribution in [2.24, 2.45) is 0 Å². The van der Waals surface area contributed by atoms with Crippen molar-refractivity contribution in [3.63, 3.8) is 0 Å². The average molecular weight is 1130 g/mol. The second kappa shape index (κ2) is 22.3. The maximum Gasteiger partial charge on any atom is 0.409 e. The second-order valence-electron chi connectivity index (χ2n) is 28.2. The van der Waals surface area contributed by atoms with E-state index in [0.717, 1.165) is 89.2 Å². The summed E-state index contributed by atoms with van der Waals surface area (Å²) in [7, 11) is 1.69. The van der Waals surface area contributed by atoms with Gasteiger partial charge < -0.3 is 14.9 Å². The minimum Gasteiger partial charge on any atom is -0.555 e. The Labute approximate surface area is 510 Å². The fourth-order valence-corrected chi connectivity index (χ4v) is 11.8. The van der Waals surface area contributed by atoms with Crippen LogP contribution in [0.25, 0.3) is 89.6 Å². The zero-order chi connectivity index (χ0) is 61.4. The van der Waals surface area contributed by atoms with Gasteiger partial charge in [0.1, 0.15) is 23.1 Å². The first-order chi connectivity index (χ1) is 40.6. The normalized spacial score (nSPS) is 12.5. The molecule has 86 heavy (non-hydrogen) atoms. The summed E-state index contributed by atoms with van der Waals surface area (Å²) < 4.78 is 10.9. The quantitative estimate of drug-likeness (QED) is 0.119. The predicted molar refractivity (Wildman–Crippen MR) is 362 cm³/mol. The van der Waals surface area contributed by atoms with Crippen molar-refractivity contribution in [3.05, 3.63) is 215 Å². The number of aromatic hydroxyl groups is 2. The zero-order valence-electron chi connectivity index (χ0n) is 53.1. The van der Waals surface area contributed by atoms with Crippen LogP contribution >= 0.6 is 0 Å². The zero-order valence-corrected chi connectivity index (χ0v) is 53.1. The summed E-state index contributed by atoms with van der Waals surface area (Å²) in [5.41, 5.74) is 20.3. The van der Waals surface area contributed by atoms with Crippen LogP contribution in [-0.4, -0.2) is 36.8 Å². The van der Waals surface area contributed by atoms with Crippen LogP contribution in [0.15, 0.2) is 182 Å². The minimum absolute atomic E-state index is 0.0671. The van der Waals surface area contributed by atoms with Gasteiger partial charge in [-0.15, -0.1) is 0 Å². The lowest BCUT2D eigenvalue weighted by atomic mass is 9.78. The Kier molecular flexibility index (Phi) is 15.4. The first kappa shape index (κ1) is 59.1. The van der Waals surface area contributed by atoms with Gasteiger partial charge in [-0.25, -0.2) is 9.97 Å². The number of para-hydroxylation sites is 3. The summed E-state index contributed by atoms with van der Waals surface area (Å²) in [6.07, 6.45) is 0. The van der Waals surface area contributed by atoms with E-state index in [1.54, 1.807) is 25.7 Å². The van der Waals surface area contributed by atoms with E-state index < -0.39 is 0 Å². The third-order valence-electron chi connectivity index (χ3n) is 16.9. The van der Waals surface area contributed by atoms with Crippen LogP contribution in [0.5, 0.6) is 17.2 Å². The summed E-state index contributed by atoms with van der Waals surface area (Å²) in [6.45, 7) is 36.0. The highest BCUT2D eigenvalue weighted by molar-refractivity contribution is 6.48. The van der Waals surface area contributed by atoms with E-state index in [2.05, 4.69) is 272 Å². The van der Waals surface area contributed by atoms with E-state index in [-0.39, 0.29) is 45.0 Å². The van der Waals surface area contributed by atoms with Gasteiger partial charge >= 0.3 is 7.48 Å². The number of phenolic OH excluding ortho intramolecular Hbond substituents is 2. The van der Waals surface area contributed by atoms with Gasteiger partial charge in [0, 0.05) is 22.3 Å². The summed E-state index contributed by atoms with van der Waals surface area (Å²) in [4.78, 5) is 11.5. The Morgan fingerprint density at radius 2 is 1.02 bits per heavy atom. The molecule has 0 spiro atoms. The summed E-state index contributed by atoms with van der Waals surface area (Å²) in [5, 5.41) is 23.6. The smallest absolute Gasteiger partial charge is 0.409 e. The van der Waals surface area contributed by atoms with Gasteiger partial charge in [0.05, 0.1) is 39.0 Å². The summed E-state index contributed by atoms with van der Waals surface area (Å²) in [6, 6.07) is 64.1. The number of imidazole rings is 2. The number of nitrogens with zero attached hydrogens (tertiary/aromatic N) is 4. The standard InChI is InChI=1S/C78H82BN4O3/c1-47(2)59-41-51(49-26-19-17-20-27-49)42-60(48(3)4)71(59)83-66-31-25-30-58(70(66)81-74(83)62-44-56(77(11,12)13)45-63(72(62)85)78(14,15)16)52-38-53(40-55(39-52)76(8,9)10)73-80-64-36-35-57(79-86-69-33-24-23-32-68(69)84)46-67(64)82(73)65-37-34-54(75(5,6)7)43-61(65)50-28-21-18-22-29-50/h17-48,84-85H,1-16H3. The molecule has 2 heterocycles. The van der Waals surface area contributed by atoms with E-state index in [4.69, 9.17) is 14.6 Å². The maximum atomic E-state index is 12.9. The molecule has 11 rings (SSSR count). The third-order valence-corrected chi connectivity index (χ3v) is 16.9. The Bertz CT molecular complexity index is 4320. The number of fused-ring (bicyclic) bond motifs is 2. The molecule has 2 N–H and O–H groups in total. The first-order valence-electron chi connectivity index (χ1n) is 30.5. The van der Waals surface area contributed by atoms with Gasteiger partial charge in [0.25, 0.3) is 0 Å². The van der Waals surface area contributed by atoms with Crippen molar-refractivity contribution in [1.82, 2.24) is 19.1 Å². The van der Waals surface area contributed by atoms with Crippen LogP contribution in [-0.2, 0) is 21.7 Å².